The molecule has 1 aliphatic rings. The summed E-state index contributed by atoms with van der Waals surface area (Å²) in [6.07, 6.45) is 5.50. The number of hydrogen-bond donors (Lipinski definition) is 2. The second-order valence-electron chi connectivity index (χ2n) is 6.09. The van der Waals surface area contributed by atoms with Crippen molar-refractivity contribution in [2.24, 2.45) is 5.92 Å². The topological polar surface area (TPSA) is 67.4 Å². The Morgan fingerprint density at radius 1 is 1.26 bits per heavy atom. The normalized spacial score (nSPS) is 18.7. The van der Waals surface area contributed by atoms with Crippen molar-refractivity contribution in [2.45, 2.75) is 43.9 Å². The fraction of sp³-hybridized carbons (Fsp3) is 0.647. The second-order valence-corrected chi connectivity index (χ2v) is 7.86. The molecule has 0 aliphatic carbocycles. The Hall–Kier alpha value is -1.11. The molecule has 0 aromatic heterocycles. The summed E-state index contributed by atoms with van der Waals surface area (Å²) in [5, 5.41) is 3.30. The summed E-state index contributed by atoms with van der Waals surface area (Å²) in [5.74, 6) is 1.09. The number of ether oxygens (including phenoxy) is 1. The van der Waals surface area contributed by atoms with Crippen molar-refractivity contribution in [2.75, 3.05) is 26.2 Å². The molecular formula is C17H28N2O3S. The first-order valence-electron chi connectivity index (χ1n) is 8.55. The molecule has 0 spiro atoms. The lowest BCUT2D eigenvalue weighted by atomic mass is 10.0. The van der Waals surface area contributed by atoms with Crippen molar-refractivity contribution in [1.82, 2.24) is 10.0 Å². The quantitative estimate of drug-likeness (QED) is 0.678. The minimum Gasteiger partial charge on any atom is -0.494 e. The Bertz CT molecular complexity index is 552. The molecule has 1 saturated heterocycles. The fourth-order valence-corrected chi connectivity index (χ4v) is 3.78. The molecule has 0 bridgehead atoms. The van der Waals surface area contributed by atoms with Gasteiger partial charge in [-0.05, 0) is 62.5 Å². The Kier molecular flexibility index (Phi) is 7.33. The van der Waals surface area contributed by atoms with Crippen molar-refractivity contribution in [1.29, 1.82) is 0 Å². The third kappa shape index (κ3) is 6.12. The average Bonchev–Trinajstić information content (AvgIpc) is 2.58. The molecule has 1 aromatic carbocycles. The molecular weight excluding hydrogens is 312 g/mol. The zero-order valence-electron chi connectivity index (χ0n) is 13.9. The minimum absolute atomic E-state index is 0.294. The molecule has 0 amide bonds. The predicted octanol–water partition coefficient (Wildman–Crippen LogP) is 2.53. The van der Waals surface area contributed by atoms with Gasteiger partial charge in [0, 0.05) is 6.54 Å². The first-order valence-corrected chi connectivity index (χ1v) is 10.0. The first kappa shape index (κ1) is 18.2. The van der Waals surface area contributed by atoms with Gasteiger partial charge in [0.15, 0.2) is 0 Å². The molecule has 1 aliphatic heterocycles. The van der Waals surface area contributed by atoms with Crippen LogP contribution in [0.15, 0.2) is 29.2 Å². The molecule has 1 heterocycles. The molecule has 2 N–H and O–H groups in total. The van der Waals surface area contributed by atoms with E-state index in [1.165, 1.54) is 0 Å². The Morgan fingerprint density at radius 3 is 2.70 bits per heavy atom. The standard InChI is InChI=1S/C17H28N2O3S/c1-2-3-4-12-22-16-7-9-17(10-8-16)23(20,21)19-14-15-6-5-11-18-13-15/h7-10,15,18-19H,2-6,11-14H2,1H3. The van der Waals surface area contributed by atoms with Crippen LogP contribution in [0.1, 0.15) is 39.0 Å². The number of piperidine rings is 1. The predicted molar refractivity (Wildman–Crippen MR) is 92.2 cm³/mol. The minimum atomic E-state index is -3.44. The summed E-state index contributed by atoms with van der Waals surface area (Å²) in [6.45, 7) is 5.23. The Balaban J connectivity index is 1.84. The monoisotopic (exact) mass is 340 g/mol. The number of unbranched alkanes of at least 4 members (excludes halogenated alkanes) is 2. The van der Waals surface area contributed by atoms with E-state index >= 15 is 0 Å². The highest BCUT2D eigenvalue weighted by Crippen LogP contribution is 2.17. The molecule has 5 nitrogen and oxygen atoms in total. The van der Waals surface area contributed by atoms with Crippen molar-refractivity contribution in [3.63, 3.8) is 0 Å². The van der Waals surface area contributed by atoms with Crippen molar-refractivity contribution in [3.8, 4) is 5.75 Å². The molecule has 130 valence electrons. The van der Waals surface area contributed by atoms with Gasteiger partial charge in [-0.25, -0.2) is 13.1 Å². The van der Waals surface area contributed by atoms with E-state index in [0.29, 0.717) is 24.0 Å². The van der Waals surface area contributed by atoms with Crippen LogP contribution in [0.2, 0.25) is 0 Å². The third-order valence-electron chi connectivity index (χ3n) is 4.11. The van der Waals surface area contributed by atoms with E-state index < -0.39 is 10.0 Å². The molecule has 1 fully saturated rings. The van der Waals surface area contributed by atoms with Gasteiger partial charge in [-0.2, -0.15) is 0 Å². The van der Waals surface area contributed by atoms with Crippen molar-refractivity contribution >= 4 is 10.0 Å². The van der Waals surface area contributed by atoms with Crippen LogP contribution >= 0.6 is 0 Å². The SMILES string of the molecule is CCCCCOc1ccc(S(=O)(=O)NCC2CCCNC2)cc1. The highest BCUT2D eigenvalue weighted by atomic mass is 32.2. The van der Waals surface area contributed by atoms with Crippen LogP contribution in [0.5, 0.6) is 5.75 Å². The van der Waals surface area contributed by atoms with Crippen LogP contribution in [-0.2, 0) is 10.0 Å². The van der Waals surface area contributed by atoms with Gasteiger partial charge in [-0.15, -0.1) is 0 Å². The molecule has 6 heteroatoms. The van der Waals surface area contributed by atoms with E-state index in [0.717, 1.165) is 50.9 Å². The zero-order valence-corrected chi connectivity index (χ0v) is 14.7. The molecule has 23 heavy (non-hydrogen) atoms. The maximum atomic E-state index is 12.3. The van der Waals surface area contributed by atoms with Gasteiger partial charge in [-0.3, -0.25) is 0 Å². The summed E-state index contributed by atoms with van der Waals surface area (Å²) in [5.41, 5.74) is 0. The van der Waals surface area contributed by atoms with Gasteiger partial charge >= 0.3 is 0 Å². The summed E-state index contributed by atoms with van der Waals surface area (Å²) < 4.78 is 32.9. The third-order valence-corrected chi connectivity index (χ3v) is 5.55. The van der Waals surface area contributed by atoms with Gasteiger partial charge in [0.2, 0.25) is 10.0 Å². The van der Waals surface area contributed by atoms with Crippen LogP contribution in [0.4, 0.5) is 0 Å². The fourth-order valence-electron chi connectivity index (χ4n) is 2.67. The number of rotatable bonds is 9. The molecule has 0 saturated carbocycles. The lowest BCUT2D eigenvalue weighted by Gasteiger charge is -2.22. The number of hydrogen-bond acceptors (Lipinski definition) is 4. The summed E-state index contributed by atoms with van der Waals surface area (Å²) in [4.78, 5) is 0.294. The molecule has 1 unspecified atom stereocenters. The van der Waals surface area contributed by atoms with E-state index in [1.807, 2.05) is 0 Å². The second kappa shape index (κ2) is 9.25. The van der Waals surface area contributed by atoms with E-state index in [2.05, 4.69) is 17.0 Å². The Labute approximate surface area is 139 Å². The number of sulfonamides is 1. The molecule has 0 radical (unpaired) electrons. The van der Waals surface area contributed by atoms with Gasteiger partial charge in [0.1, 0.15) is 5.75 Å². The van der Waals surface area contributed by atoms with E-state index in [1.54, 1.807) is 24.3 Å². The molecule has 2 rings (SSSR count). The van der Waals surface area contributed by atoms with E-state index in [-0.39, 0.29) is 0 Å². The van der Waals surface area contributed by atoms with Crippen molar-refractivity contribution < 1.29 is 13.2 Å². The largest absolute Gasteiger partial charge is 0.494 e. The van der Waals surface area contributed by atoms with Crippen LogP contribution in [0.25, 0.3) is 0 Å². The van der Waals surface area contributed by atoms with Gasteiger partial charge in [0.25, 0.3) is 0 Å². The van der Waals surface area contributed by atoms with E-state index in [4.69, 9.17) is 4.74 Å². The summed E-state index contributed by atoms with van der Waals surface area (Å²) >= 11 is 0. The van der Waals surface area contributed by atoms with Crippen LogP contribution in [-0.4, -0.2) is 34.7 Å². The van der Waals surface area contributed by atoms with Gasteiger partial charge in [-0.1, -0.05) is 19.8 Å². The average molecular weight is 340 g/mol. The number of nitrogens with one attached hydrogen (secondary N) is 2. The smallest absolute Gasteiger partial charge is 0.240 e. The molecule has 1 aromatic rings. The first-order chi connectivity index (χ1) is 11.1. The van der Waals surface area contributed by atoms with Crippen LogP contribution in [0, 0.1) is 5.92 Å². The lowest BCUT2D eigenvalue weighted by Crippen LogP contribution is -2.38. The number of benzene rings is 1. The highest BCUT2D eigenvalue weighted by molar-refractivity contribution is 7.89. The summed E-state index contributed by atoms with van der Waals surface area (Å²) in [6, 6.07) is 6.67. The van der Waals surface area contributed by atoms with E-state index in [9.17, 15) is 8.42 Å². The maximum absolute atomic E-state index is 12.3. The summed E-state index contributed by atoms with van der Waals surface area (Å²) in [7, 11) is -3.44. The van der Waals surface area contributed by atoms with Gasteiger partial charge < -0.3 is 10.1 Å². The highest BCUT2D eigenvalue weighted by Gasteiger charge is 2.18. The van der Waals surface area contributed by atoms with Crippen LogP contribution < -0.4 is 14.8 Å². The molecule has 1 atom stereocenters. The van der Waals surface area contributed by atoms with Crippen molar-refractivity contribution in [3.05, 3.63) is 24.3 Å². The Morgan fingerprint density at radius 2 is 2.04 bits per heavy atom. The van der Waals surface area contributed by atoms with Gasteiger partial charge in [0.05, 0.1) is 11.5 Å². The maximum Gasteiger partial charge on any atom is 0.240 e. The zero-order chi connectivity index (χ0) is 16.5. The lowest BCUT2D eigenvalue weighted by molar-refractivity contribution is 0.306. The van der Waals surface area contributed by atoms with Crippen LogP contribution in [0.3, 0.4) is 0 Å².